The van der Waals surface area contributed by atoms with Crippen LogP contribution in [0, 0.1) is 0 Å². The van der Waals surface area contributed by atoms with Crippen LogP contribution in [0.15, 0.2) is 0 Å². The smallest absolute Gasteiger partial charge is 0.543 e. The molecule has 0 saturated heterocycles. The molecule has 0 aliphatic heterocycles. The molecule has 14 heavy (non-hydrogen) atoms. The largest absolute Gasteiger partial charge is 3.00 e. The molecule has 0 aromatic rings. The van der Waals surface area contributed by atoms with Gasteiger partial charge in [-0.1, -0.05) is 0 Å². The number of carbonyl (C=O) groups excluding carboxylic acids is 4. The van der Waals surface area contributed by atoms with Crippen molar-refractivity contribution < 1.29 is 69.2 Å². The first-order valence-corrected chi connectivity index (χ1v) is 2.13. The topological polar surface area (TPSA) is 161 Å². The summed E-state index contributed by atoms with van der Waals surface area (Å²) in [5, 5.41) is 35.7. The van der Waals surface area contributed by atoms with Crippen molar-refractivity contribution >= 4 is 41.2 Å². The van der Waals surface area contributed by atoms with Gasteiger partial charge >= 0.3 is 46.9 Å². The van der Waals surface area contributed by atoms with Crippen molar-refractivity contribution in [3.05, 3.63) is 0 Å². The Morgan fingerprint density at radius 3 is 0.643 bits per heavy atom. The molecule has 0 aromatic heterocycles. The Labute approximate surface area is 110 Å². The van der Waals surface area contributed by atoms with E-state index in [-0.39, 0.29) is 46.9 Å². The van der Waals surface area contributed by atoms with E-state index in [1.165, 1.54) is 0 Å². The average molecular weight is 226 g/mol. The van der Waals surface area contributed by atoms with Crippen molar-refractivity contribution in [2.45, 2.75) is 0 Å². The average Bonchev–Trinajstić information content (AvgIpc) is 1.88. The molecule has 0 bridgehead atoms. The molecular formula is C4AlNaO8. The number of hydrogen-bond donors (Lipinski definition) is 0. The van der Waals surface area contributed by atoms with Gasteiger partial charge in [-0.25, -0.2) is 0 Å². The Balaban J connectivity index is -0.0000000625. The number of aliphatic carboxylic acids is 4. The number of carbonyl (C=O) groups is 4. The van der Waals surface area contributed by atoms with Gasteiger partial charge in [-0.15, -0.1) is 0 Å². The van der Waals surface area contributed by atoms with Crippen LogP contribution < -0.4 is 50.0 Å². The van der Waals surface area contributed by atoms with Crippen molar-refractivity contribution in [2.75, 3.05) is 0 Å². The second-order valence-corrected chi connectivity index (χ2v) is 1.15. The fourth-order valence-electron chi connectivity index (χ4n) is 0. The van der Waals surface area contributed by atoms with Crippen molar-refractivity contribution in [1.82, 2.24) is 0 Å². The van der Waals surface area contributed by atoms with E-state index in [4.69, 9.17) is 39.6 Å². The van der Waals surface area contributed by atoms with Gasteiger partial charge in [0.15, 0.2) is 0 Å². The Kier molecular flexibility index (Phi) is 20.7. The van der Waals surface area contributed by atoms with Gasteiger partial charge in [-0.3, -0.25) is 0 Å². The van der Waals surface area contributed by atoms with Gasteiger partial charge in [0.2, 0.25) is 0 Å². The number of carboxylic acid groups (broad SMARTS) is 4. The molecule has 0 aliphatic carbocycles. The maximum absolute atomic E-state index is 8.93. The summed E-state index contributed by atoms with van der Waals surface area (Å²) in [7, 11) is 0. The molecule has 68 valence electrons. The van der Waals surface area contributed by atoms with Crippen LogP contribution in [-0.2, 0) is 19.2 Å². The van der Waals surface area contributed by atoms with Crippen LogP contribution in [0.25, 0.3) is 0 Å². The van der Waals surface area contributed by atoms with E-state index in [1.807, 2.05) is 0 Å². The summed E-state index contributed by atoms with van der Waals surface area (Å²) in [6, 6.07) is 0. The van der Waals surface area contributed by atoms with Crippen LogP contribution in [0.1, 0.15) is 0 Å². The van der Waals surface area contributed by atoms with Crippen molar-refractivity contribution in [3.8, 4) is 0 Å². The second kappa shape index (κ2) is 12.4. The molecule has 0 amide bonds. The third-order valence-electron chi connectivity index (χ3n) is 0.333. The molecule has 0 rings (SSSR count). The van der Waals surface area contributed by atoms with E-state index in [2.05, 4.69) is 0 Å². The minimum atomic E-state index is -2.19. The minimum Gasteiger partial charge on any atom is -0.543 e. The molecule has 0 aliphatic rings. The fourth-order valence-corrected chi connectivity index (χ4v) is 0. The van der Waals surface area contributed by atoms with Crippen LogP contribution in [0.5, 0.6) is 0 Å². The molecule has 0 fully saturated rings. The molecule has 0 spiro atoms. The molecule has 0 radical (unpaired) electrons. The zero-order valence-corrected chi connectivity index (χ0v) is 10.00. The summed E-state index contributed by atoms with van der Waals surface area (Å²) in [6.07, 6.45) is 0. The zero-order chi connectivity index (χ0) is 10.3. The summed E-state index contributed by atoms with van der Waals surface area (Å²) in [5.41, 5.74) is 0. The Hall–Kier alpha value is -0.588. The predicted octanol–water partition coefficient (Wildman–Crippen LogP) is -10.4. The van der Waals surface area contributed by atoms with Gasteiger partial charge in [-0.2, -0.15) is 0 Å². The quantitative estimate of drug-likeness (QED) is 0.290. The van der Waals surface area contributed by atoms with Crippen LogP contribution in [0.4, 0.5) is 0 Å². The predicted molar refractivity (Wildman–Crippen MR) is 25.8 cm³/mol. The molecular weight excluding hydrogens is 226 g/mol. The molecule has 10 heteroatoms. The summed E-state index contributed by atoms with van der Waals surface area (Å²) in [6.45, 7) is 0. The molecule has 0 saturated carbocycles. The van der Waals surface area contributed by atoms with Gasteiger partial charge < -0.3 is 39.6 Å². The van der Waals surface area contributed by atoms with E-state index in [0.29, 0.717) is 0 Å². The van der Waals surface area contributed by atoms with Crippen LogP contribution in [-0.4, -0.2) is 41.2 Å². The van der Waals surface area contributed by atoms with Gasteiger partial charge in [0.05, 0.1) is 23.9 Å². The molecule has 0 aromatic carbocycles. The summed E-state index contributed by atoms with van der Waals surface area (Å²) in [4.78, 5) is 35.7. The summed E-state index contributed by atoms with van der Waals surface area (Å²) >= 11 is 0. The second-order valence-electron chi connectivity index (χ2n) is 1.15. The van der Waals surface area contributed by atoms with E-state index in [1.54, 1.807) is 0 Å². The minimum absolute atomic E-state index is 0. The number of carboxylic acids is 4. The standard InChI is InChI=1S/2C2H2O4.Al.Na/c2*3-1(4)2(5)6;;/h2*(H,3,4)(H,5,6);;/q;;+3;+1/p-4. The first kappa shape index (κ1) is 23.3. The van der Waals surface area contributed by atoms with Crippen molar-refractivity contribution in [2.24, 2.45) is 0 Å². The monoisotopic (exact) mass is 226 g/mol. The molecule has 0 unspecified atom stereocenters. The normalized spacial score (nSPS) is 6.29. The van der Waals surface area contributed by atoms with Gasteiger partial charge in [-0.05, 0) is 0 Å². The maximum atomic E-state index is 8.93. The summed E-state index contributed by atoms with van der Waals surface area (Å²) in [5.74, 6) is -8.74. The van der Waals surface area contributed by atoms with Gasteiger partial charge in [0.25, 0.3) is 0 Å². The Morgan fingerprint density at radius 2 is 0.643 bits per heavy atom. The van der Waals surface area contributed by atoms with Gasteiger partial charge in [0, 0.05) is 0 Å². The summed E-state index contributed by atoms with van der Waals surface area (Å²) < 4.78 is 0. The molecule has 0 atom stereocenters. The molecule has 0 N–H and O–H groups in total. The number of hydrogen-bond acceptors (Lipinski definition) is 8. The van der Waals surface area contributed by atoms with Crippen LogP contribution in [0.3, 0.4) is 0 Å². The van der Waals surface area contributed by atoms with Gasteiger partial charge in [0.1, 0.15) is 0 Å². The van der Waals surface area contributed by atoms with Crippen molar-refractivity contribution in [3.63, 3.8) is 0 Å². The third kappa shape index (κ3) is 22.5. The number of rotatable bonds is 0. The molecule has 8 nitrogen and oxygen atoms in total. The molecule has 0 heterocycles. The first-order chi connectivity index (χ1) is 5.29. The van der Waals surface area contributed by atoms with Crippen molar-refractivity contribution in [1.29, 1.82) is 0 Å². The first-order valence-electron chi connectivity index (χ1n) is 2.13. The van der Waals surface area contributed by atoms with Crippen LogP contribution >= 0.6 is 0 Å². The maximum Gasteiger partial charge on any atom is 3.00 e. The van der Waals surface area contributed by atoms with E-state index < -0.39 is 23.9 Å². The van der Waals surface area contributed by atoms with E-state index in [0.717, 1.165) is 0 Å². The van der Waals surface area contributed by atoms with E-state index in [9.17, 15) is 0 Å². The van der Waals surface area contributed by atoms with E-state index >= 15 is 0 Å². The SMILES string of the molecule is O=C([O-])C(=O)[O-].O=C([O-])C(=O)[O-].[Al+3].[Na+]. The van der Waals surface area contributed by atoms with Crippen LogP contribution in [0.2, 0.25) is 0 Å². The fraction of sp³-hybridized carbons (Fsp3) is 0. The Bertz CT molecular complexity index is 177. The zero-order valence-electron chi connectivity index (χ0n) is 6.84. The third-order valence-corrected chi connectivity index (χ3v) is 0.333. The Morgan fingerprint density at radius 1 is 0.571 bits per heavy atom.